The summed E-state index contributed by atoms with van der Waals surface area (Å²) < 4.78 is 6.75. The molecule has 1 unspecified atom stereocenters. The zero-order valence-corrected chi connectivity index (χ0v) is 13.1. The Morgan fingerprint density at radius 3 is 3.14 bits per heavy atom. The molecule has 0 saturated carbocycles. The summed E-state index contributed by atoms with van der Waals surface area (Å²) >= 11 is 7.09. The largest absolute Gasteiger partial charge is 0.371 e. The van der Waals surface area contributed by atoms with E-state index in [0.717, 1.165) is 24.5 Å². The summed E-state index contributed by atoms with van der Waals surface area (Å²) in [5.74, 6) is -0.362. The quantitative estimate of drug-likeness (QED) is 0.917. The summed E-state index contributed by atoms with van der Waals surface area (Å²) in [6.07, 6.45) is 3.31. The van der Waals surface area contributed by atoms with Gasteiger partial charge in [-0.1, -0.05) is 22.9 Å². The van der Waals surface area contributed by atoms with E-state index < -0.39 is 0 Å². The van der Waals surface area contributed by atoms with E-state index in [1.807, 2.05) is 0 Å². The second-order valence-corrected chi connectivity index (χ2v) is 6.25. The standard InChI is InChI=1S/C13H13ClN4O3S/c14-8-3-4-11(20)18(6-8)7-10(19)15-13-17-16-12(22-13)9-2-1-5-21-9/h3-4,6,9H,1-2,5,7H2,(H,15,17,19). The molecule has 7 nitrogen and oxygen atoms in total. The van der Waals surface area contributed by atoms with Crippen molar-refractivity contribution in [1.82, 2.24) is 14.8 Å². The number of hydrogen-bond donors (Lipinski definition) is 1. The van der Waals surface area contributed by atoms with Gasteiger partial charge in [-0.2, -0.15) is 0 Å². The van der Waals surface area contributed by atoms with Gasteiger partial charge in [-0.3, -0.25) is 14.9 Å². The molecule has 0 aliphatic carbocycles. The fourth-order valence-corrected chi connectivity index (χ4v) is 3.15. The monoisotopic (exact) mass is 340 g/mol. The average molecular weight is 341 g/mol. The van der Waals surface area contributed by atoms with Crippen LogP contribution in [-0.2, 0) is 16.1 Å². The van der Waals surface area contributed by atoms with Gasteiger partial charge in [-0.05, 0) is 18.9 Å². The number of aromatic nitrogens is 3. The molecule has 0 aromatic carbocycles. The highest BCUT2D eigenvalue weighted by molar-refractivity contribution is 7.15. The molecule has 1 N–H and O–H groups in total. The van der Waals surface area contributed by atoms with Crippen molar-refractivity contribution in [3.8, 4) is 0 Å². The summed E-state index contributed by atoms with van der Waals surface area (Å²) in [6.45, 7) is 0.595. The molecule has 2 aromatic heterocycles. The van der Waals surface area contributed by atoms with Crippen molar-refractivity contribution in [2.75, 3.05) is 11.9 Å². The third-order valence-electron chi connectivity index (χ3n) is 3.15. The molecule has 0 bridgehead atoms. The van der Waals surface area contributed by atoms with Crippen molar-refractivity contribution in [2.45, 2.75) is 25.5 Å². The number of nitrogens with one attached hydrogen (secondary N) is 1. The molecule has 3 rings (SSSR count). The average Bonchev–Trinajstić information content (AvgIpc) is 3.13. The summed E-state index contributed by atoms with van der Waals surface area (Å²) in [6, 6.07) is 2.80. The number of anilines is 1. The molecule has 0 radical (unpaired) electrons. The lowest BCUT2D eigenvalue weighted by Gasteiger charge is -2.05. The van der Waals surface area contributed by atoms with Crippen LogP contribution < -0.4 is 10.9 Å². The number of carbonyl (C=O) groups excluding carboxylic acids is 1. The van der Waals surface area contributed by atoms with Gasteiger partial charge in [-0.15, -0.1) is 10.2 Å². The maximum Gasteiger partial charge on any atom is 0.251 e. The molecule has 22 heavy (non-hydrogen) atoms. The van der Waals surface area contributed by atoms with Gasteiger partial charge in [0, 0.05) is 18.9 Å². The lowest BCUT2D eigenvalue weighted by molar-refractivity contribution is -0.116. The molecule has 116 valence electrons. The zero-order valence-electron chi connectivity index (χ0n) is 11.5. The highest BCUT2D eigenvalue weighted by Crippen LogP contribution is 2.31. The fourth-order valence-electron chi connectivity index (χ4n) is 2.13. The lowest BCUT2D eigenvalue weighted by Crippen LogP contribution is -2.26. The van der Waals surface area contributed by atoms with E-state index in [0.29, 0.717) is 10.2 Å². The van der Waals surface area contributed by atoms with E-state index in [2.05, 4.69) is 15.5 Å². The van der Waals surface area contributed by atoms with Crippen LogP contribution in [0.4, 0.5) is 5.13 Å². The van der Waals surface area contributed by atoms with Crippen molar-refractivity contribution >= 4 is 34.0 Å². The number of rotatable bonds is 4. The van der Waals surface area contributed by atoms with Gasteiger partial charge >= 0.3 is 0 Å². The third-order valence-corrected chi connectivity index (χ3v) is 4.31. The minimum atomic E-state index is -0.362. The summed E-state index contributed by atoms with van der Waals surface area (Å²) in [4.78, 5) is 23.6. The van der Waals surface area contributed by atoms with Crippen molar-refractivity contribution in [3.63, 3.8) is 0 Å². The predicted octanol–water partition coefficient (Wildman–Crippen LogP) is 1.84. The van der Waals surface area contributed by atoms with Crippen LogP contribution in [0.1, 0.15) is 24.0 Å². The van der Waals surface area contributed by atoms with Crippen molar-refractivity contribution in [1.29, 1.82) is 0 Å². The highest BCUT2D eigenvalue weighted by Gasteiger charge is 2.22. The second kappa shape index (κ2) is 6.55. The highest BCUT2D eigenvalue weighted by atomic mass is 35.5. The van der Waals surface area contributed by atoms with Crippen LogP contribution in [-0.4, -0.2) is 27.3 Å². The smallest absolute Gasteiger partial charge is 0.251 e. The molecular formula is C13H13ClN4O3S. The van der Waals surface area contributed by atoms with Crippen molar-refractivity contribution < 1.29 is 9.53 Å². The van der Waals surface area contributed by atoms with Crippen molar-refractivity contribution in [2.24, 2.45) is 0 Å². The van der Waals surface area contributed by atoms with Crippen LogP contribution in [0, 0.1) is 0 Å². The van der Waals surface area contributed by atoms with Gasteiger partial charge in [0.05, 0.1) is 5.02 Å². The Bertz CT molecular complexity index is 739. The third kappa shape index (κ3) is 3.52. The Labute approximate surface area is 134 Å². The van der Waals surface area contributed by atoms with Crippen LogP contribution in [0.15, 0.2) is 23.1 Å². The Morgan fingerprint density at radius 2 is 2.36 bits per heavy atom. The number of hydrogen-bond acceptors (Lipinski definition) is 6. The number of carbonyl (C=O) groups is 1. The molecule has 1 amide bonds. The van der Waals surface area contributed by atoms with E-state index in [9.17, 15) is 9.59 Å². The van der Waals surface area contributed by atoms with Crippen LogP contribution in [0.25, 0.3) is 0 Å². The Morgan fingerprint density at radius 1 is 1.50 bits per heavy atom. The molecule has 1 fully saturated rings. The number of halogens is 1. The second-order valence-electron chi connectivity index (χ2n) is 4.81. The first-order valence-electron chi connectivity index (χ1n) is 6.72. The van der Waals surface area contributed by atoms with Gasteiger partial charge in [0.2, 0.25) is 11.0 Å². The molecule has 1 aliphatic heterocycles. The minimum absolute atomic E-state index is 0.0290. The SMILES string of the molecule is O=C(Cn1cc(Cl)ccc1=O)Nc1nnc(C2CCCO2)s1. The van der Waals surface area contributed by atoms with Gasteiger partial charge in [0.25, 0.3) is 5.56 Å². The summed E-state index contributed by atoms with van der Waals surface area (Å²) in [5, 5.41) is 12.1. The minimum Gasteiger partial charge on any atom is -0.371 e. The molecule has 1 atom stereocenters. The first-order chi connectivity index (χ1) is 10.6. The van der Waals surface area contributed by atoms with E-state index in [4.69, 9.17) is 16.3 Å². The number of amides is 1. The van der Waals surface area contributed by atoms with E-state index in [1.165, 1.54) is 34.2 Å². The maximum atomic E-state index is 12.0. The molecule has 1 aliphatic rings. The predicted molar refractivity (Wildman–Crippen MR) is 82.2 cm³/mol. The topological polar surface area (TPSA) is 86.1 Å². The van der Waals surface area contributed by atoms with Gasteiger partial charge in [0.1, 0.15) is 17.7 Å². The molecule has 2 aromatic rings. The van der Waals surface area contributed by atoms with Crippen LogP contribution in [0.2, 0.25) is 5.02 Å². The van der Waals surface area contributed by atoms with E-state index in [-0.39, 0.29) is 24.1 Å². The van der Waals surface area contributed by atoms with Crippen molar-refractivity contribution in [3.05, 3.63) is 38.7 Å². The first kappa shape index (κ1) is 15.1. The zero-order chi connectivity index (χ0) is 15.5. The molecule has 9 heteroatoms. The van der Waals surface area contributed by atoms with Gasteiger partial charge in [-0.25, -0.2) is 0 Å². The molecule has 0 spiro atoms. The Hall–Kier alpha value is -1.77. The van der Waals surface area contributed by atoms with E-state index in [1.54, 1.807) is 0 Å². The van der Waals surface area contributed by atoms with Crippen LogP contribution >= 0.6 is 22.9 Å². The van der Waals surface area contributed by atoms with E-state index >= 15 is 0 Å². The van der Waals surface area contributed by atoms with Crippen LogP contribution in [0.3, 0.4) is 0 Å². The number of nitrogens with zero attached hydrogens (tertiary/aromatic N) is 3. The summed E-state index contributed by atoms with van der Waals surface area (Å²) in [5.41, 5.74) is -0.295. The number of ether oxygens (including phenoxy) is 1. The molecule has 1 saturated heterocycles. The first-order valence-corrected chi connectivity index (χ1v) is 7.92. The normalized spacial score (nSPS) is 17.6. The fraction of sp³-hybridized carbons (Fsp3) is 0.385. The number of pyridine rings is 1. The lowest BCUT2D eigenvalue weighted by atomic mass is 10.2. The maximum absolute atomic E-state index is 12.0. The Kier molecular flexibility index (Phi) is 4.51. The van der Waals surface area contributed by atoms with Gasteiger partial charge in [0.15, 0.2) is 0 Å². The van der Waals surface area contributed by atoms with Gasteiger partial charge < -0.3 is 9.30 Å². The molecular weight excluding hydrogens is 328 g/mol. The molecule has 3 heterocycles. The Balaban J connectivity index is 1.64. The summed E-state index contributed by atoms with van der Waals surface area (Å²) in [7, 11) is 0. The van der Waals surface area contributed by atoms with Crippen LogP contribution in [0.5, 0.6) is 0 Å².